The smallest absolute Gasteiger partial charge is 0.285 e. The fraction of sp³-hybridized carbons (Fsp3) is 0.273. The highest BCUT2D eigenvalue weighted by Crippen LogP contribution is 2.22. The van der Waals surface area contributed by atoms with E-state index in [0.29, 0.717) is 12.1 Å². The first-order chi connectivity index (χ1) is 9.22. The Kier molecular flexibility index (Phi) is 4.68. The second-order valence-electron chi connectivity index (χ2n) is 4.09. The van der Waals surface area contributed by atoms with Gasteiger partial charge in [-0.05, 0) is 13.0 Å². The van der Waals surface area contributed by atoms with E-state index in [1.807, 2.05) is 0 Å². The molecule has 0 heterocycles. The van der Waals surface area contributed by atoms with Crippen molar-refractivity contribution in [3.63, 3.8) is 0 Å². The summed E-state index contributed by atoms with van der Waals surface area (Å²) >= 11 is 0. The maximum atomic E-state index is 13.1. The lowest BCUT2D eigenvalue weighted by Crippen LogP contribution is -2.36. The van der Waals surface area contributed by atoms with Gasteiger partial charge in [0.1, 0.15) is 5.56 Å². The molecule has 1 rings (SSSR count). The van der Waals surface area contributed by atoms with Crippen LogP contribution in [0.4, 0.5) is 14.5 Å². The molecule has 0 spiro atoms. The number of nitrogens with zero attached hydrogens (tertiary/aromatic N) is 1. The van der Waals surface area contributed by atoms with Gasteiger partial charge in [0, 0.05) is 12.5 Å². The molecule has 1 aromatic carbocycles. The fourth-order valence-corrected chi connectivity index (χ4v) is 1.52. The van der Waals surface area contributed by atoms with Crippen molar-refractivity contribution in [3.8, 4) is 0 Å². The normalized spacial score (nSPS) is 11.8. The summed E-state index contributed by atoms with van der Waals surface area (Å²) < 4.78 is 26.0. The van der Waals surface area contributed by atoms with E-state index in [9.17, 15) is 28.5 Å². The molecule has 0 radical (unpaired) electrons. The molecular formula is C11H11F2N3O4. The molecule has 3 N–H and O–H groups in total. The maximum absolute atomic E-state index is 13.1. The summed E-state index contributed by atoms with van der Waals surface area (Å²) in [5.41, 5.74) is 3.42. The summed E-state index contributed by atoms with van der Waals surface area (Å²) in [5, 5.41) is 13.0. The maximum Gasteiger partial charge on any atom is 0.285 e. The molecule has 7 nitrogen and oxygen atoms in total. The molecule has 108 valence electrons. The largest absolute Gasteiger partial charge is 0.370 e. The molecule has 0 aromatic heterocycles. The monoisotopic (exact) mass is 287 g/mol. The first-order valence-corrected chi connectivity index (χ1v) is 5.45. The van der Waals surface area contributed by atoms with Gasteiger partial charge in [-0.2, -0.15) is 0 Å². The second kappa shape index (κ2) is 6.04. The Morgan fingerprint density at radius 3 is 2.45 bits per heavy atom. The van der Waals surface area contributed by atoms with Crippen LogP contribution in [0, 0.1) is 21.7 Å². The number of halogens is 2. The molecule has 1 unspecified atom stereocenters. The lowest BCUT2D eigenvalue weighted by Gasteiger charge is -2.12. The first kappa shape index (κ1) is 15.5. The average Bonchev–Trinajstić information content (AvgIpc) is 2.30. The van der Waals surface area contributed by atoms with Crippen LogP contribution >= 0.6 is 0 Å². The molecule has 9 heteroatoms. The van der Waals surface area contributed by atoms with Gasteiger partial charge in [0.2, 0.25) is 5.91 Å². The molecular weight excluding hydrogens is 276 g/mol. The van der Waals surface area contributed by atoms with Crippen LogP contribution in [0.25, 0.3) is 0 Å². The van der Waals surface area contributed by atoms with Crippen molar-refractivity contribution in [1.82, 2.24) is 5.32 Å². The summed E-state index contributed by atoms with van der Waals surface area (Å²) in [7, 11) is 0. The summed E-state index contributed by atoms with van der Waals surface area (Å²) in [5.74, 6) is -4.50. The number of nitrogens with two attached hydrogens (primary N) is 1. The number of hydrogen-bond acceptors (Lipinski definition) is 4. The number of primary amides is 1. The Balaban J connectivity index is 3.06. The van der Waals surface area contributed by atoms with Crippen LogP contribution in [0.3, 0.4) is 0 Å². The van der Waals surface area contributed by atoms with Gasteiger partial charge in [0.05, 0.1) is 11.0 Å². The third-order valence-electron chi connectivity index (χ3n) is 2.36. The van der Waals surface area contributed by atoms with E-state index in [0.717, 1.165) is 0 Å². The molecule has 0 fully saturated rings. The minimum atomic E-state index is -1.43. The van der Waals surface area contributed by atoms with Crippen molar-refractivity contribution < 1.29 is 23.3 Å². The van der Waals surface area contributed by atoms with Gasteiger partial charge in [0.15, 0.2) is 11.6 Å². The van der Waals surface area contributed by atoms with E-state index in [-0.39, 0.29) is 6.42 Å². The lowest BCUT2D eigenvalue weighted by molar-refractivity contribution is -0.385. The fourth-order valence-electron chi connectivity index (χ4n) is 1.52. The molecule has 20 heavy (non-hydrogen) atoms. The van der Waals surface area contributed by atoms with Gasteiger partial charge >= 0.3 is 0 Å². The van der Waals surface area contributed by atoms with Gasteiger partial charge in [-0.3, -0.25) is 19.7 Å². The molecule has 0 aliphatic rings. The molecule has 2 amide bonds. The predicted octanol–water partition coefficient (Wildman–Crippen LogP) is 0.867. The van der Waals surface area contributed by atoms with Gasteiger partial charge in [-0.15, -0.1) is 0 Å². The third-order valence-corrected chi connectivity index (χ3v) is 2.36. The van der Waals surface area contributed by atoms with Crippen molar-refractivity contribution in [2.75, 3.05) is 0 Å². The Labute approximate surface area is 111 Å². The van der Waals surface area contributed by atoms with Gasteiger partial charge in [-0.1, -0.05) is 0 Å². The molecule has 1 aromatic rings. The zero-order chi connectivity index (χ0) is 15.4. The number of nitrogens with one attached hydrogen (secondary N) is 1. The molecule has 0 saturated carbocycles. The SMILES string of the molecule is CC(CC(N)=O)NC(=O)c1cc(F)c(F)cc1[N+](=O)[O-]. The van der Waals surface area contributed by atoms with E-state index in [4.69, 9.17) is 5.73 Å². The Morgan fingerprint density at radius 1 is 1.40 bits per heavy atom. The minimum absolute atomic E-state index is 0.191. The van der Waals surface area contributed by atoms with Crippen LogP contribution in [0.1, 0.15) is 23.7 Å². The lowest BCUT2D eigenvalue weighted by atomic mass is 10.1. The number of nitro groups is 1. The molecule has 0 aliphatic carbocycles. The van der Waals surface area contributed by atoms with Gasteiger partial charge in [-0.25, -0.2) is 8.78 Å². The molecule has 1 atom stereocenters. The van der Waals surface area contributed by atoms with Crippen LogP contribution in [0.15, 0.2) is 12.1 Å². The first-order valence-electron chi connectivity index (χ1n) is 5.45. The number of carbonyl (C=O) groups is 2. The third kappa shape index (κ3) is 3.70. The van der Waals surface area contributed by atoms with Crippen LogP contribution in [0.5, 0.6) is 0 Å². The molecule has 0 bridgehead atoms. The minimum Gasteiger partial charge on any atom is -0.370 e. The predicted molar refractivity (Wildman–Crippen MR) is 63.8 cm³/mol. The van der Waals surface area contributed by atoms with Crippen molar-refractivity contribution in [3.05, 3.63) is 39.4 Å². The van der Waals surface area contributed by atoms with Crippen molar-refractivity contribution >= 4 is 17.5 Å². The number of hydrogen-bond donors (Lipinski definition) is 2. The summed E-state index contributed by atoms with van der Waals surface area (Å²) in [4.78, 5) is 32.1. The van der Waals surface area contributed by atoms with E-state index < -0.39 is 45.7 Å². The highest BCUT2D eigenvalue weighted by atomic mass is 19.2. The average molecular weight is 287 g/mol. The summed E-state index contributed by atoms with van der Waals surface area (Å²) in [6, 6.07) is 0.0516. The highest BCUT2D eigenvalue weighted by molar-refractivity contribution is 5.98. The summed E-state index contributed by atoms with van der Waals surface area (Å²) in [6.07, 6.45) is -0.191. The van der Waals surface area contributed by atoms with Crippen molar-refractivity contribution in [1.29, 1.82) is 0 Å². The van der Waals surface area contributed by atoms with Crippen LogP contribution in [-0.2, 0) is 4.79 Å². The second-order valence-corrected chi connectivity index (χ2v) is 4.09. The number of nitro benzene ring substituents is 1. The number of amides is 2. The Morgan fingerprint density at radius 2 is 1.95 bits per heavy atom. The molecule has 0 aliphatic heterocycles. The molecule has 0 saturated heterocycles. The van der Waals surface area contributed by atoms with Crippen molar-refractivity contribution in [2.24, 2.45) is 5.73 Å². The topological polar surface area (TPSA) is 115 Å². The zero-order valence-electron chi connectivity index (χ0n) is 10.4. The number of rotatable bonds is 5. The highest BCUT2D eigenvalue weighted by Gasteiger charge is 2.24. The van der Waals surface area contributed by atoms with Gasteiger partial charge in [0.25, 0.3) is 11.6 Å². The van der Waals surface area contributed by atoms with E-state index in [1.165, 1.54) is 6.92 Å². The number of benzene rings is 1. The standard InChI is InChI=1S/C11H11F2N3O4/c1-5(2-10(14)17)15-11(18)6-3-7(12)8(13)4-9(6)16(19)20/h3-5H,2H2,1H3,(H2,14,17)(H,15,18). The van der Waals surface area contributed by atoms with Crippen LogP contribution in [-0.4, -0.2) is 22.8 Å². The zero-order valence-corrected chi connectivity index (χ0v) is 10.4. The number of carbonyl (C=O) groups excluding carboxylic acids is 2. The van der Waals surface area contributed by atoms with Crippen molar-refractivity contribution in [2.45, 2.75) is 19.4 Å². The van der Waals surface area contributed by atoms with E-state index in [1.54, 1.807) is 0 Å². The Hall–Kier alpha value is -2.58. The summed E-state index contributed by atoms with van der Waals surface area (Å²) in [6.45, 7) is 1.44. The Bertz CT molecular complexity index is 577. The van der Waals surface area contributed by atoms with Gasteiger partial charge < -0.3 is 11.1 Å². The van der Waals surface area contributed by atoms with Crippen LogP contribution in [0.2, 0.25) is 0 Å². The van der Waals surface area contributed by atoms with Crippen LogP contribution < -0.4 is 11.1 Å². The quantitative estimate of drug-likeness (QED) is 0.617. The van der Waals surface area contributed by atoms with E-state index >= 15 is 0 Å². The van der Waals surface area contributed by atoms with E-state index in [2.05, 4.69) is 5.32 Å².